The quantitative estimate of drug-likeness (QED) is 0.777. The lowest BCUT2D eigenvalue weighted by atomic mass is 9.80. The third-order valence-corrected chi connectivity index (χ3v) is 5.36. The highest BCUT2D eigenvalue weighted by Crippen LogP contribution is 2.45. The monoisotopic (exact) mass is 307 g/mol. The molecule has 2 aliphatic rings. The third kappa shape index (κ3) is 2.18. The SMILES string of the molecule is NCC1CC(n2cc(-c3cc4cc[nH]c4cn3)c(C3CC3)n2)C1. The molecule has 0 aliphatic heterocycles. The van der Waals surface area contributed by atoms with Crippen LogP contribution in [0, 0.1) is 5.92 Å². The first-order chi connectivity index (χ1) is 11.3. The minimum Gasteiger partial charge on any atom is -0.360 e. The van der Waals surface area contributed by atoms with Gasteiger partial charge in [0.15, 0.2) is 0 Å². The van der Waals surface area contributed by atoms with E-state index in [0.29, 0.717) is 17.9 Å². The second-order valence-corrected chi connectivity index (χ2v) is 7.04. The molecule has 0 spiro atoms. The Morgan fingerprint density at radius 3 is 2.96 bits per heavy atom. The molecule has 0 amide bonds. The van der Waals surface area contributed by atoms with Gasteiger partial charge in [-0.15, -0.1) is 0 Å². The average molecular weight is 307 g/mol. The van der Waals surface area contributed by atoms with Gasteiger partial charge in [-0.05, 0) is 50.3 Å². The lowest BCUT2D eigenvalue weighted by molar-refractivity contribution is 0.189. The van der Waals surface area contributed by atoms with Crippen molar-refractivity contribution in [2.45, 2.75) is 37.6 Å². The van der Waals surface area contributed by atoms with Crippen molar-refractivity contribution in [2.24, 2.45) is 11.7 Å². The van der Waals surface area contributed by atoms with E-state index in [1.165, 1.54) is 29.5 Å². The van der Waals surface area contributed by atoms with Gasteiger partial charge in [-0.3, -0.25) is 9.67 Å². The van der Waals surface area contributed by atoms with E-state index < -0.39 is 0 Å². The summed E-state index contributed by atoms with van der Waals surface area (Å²) in [4.78, 5) is 7.87. The smallest absolute Gasteiger partial charge is 0.0749 e. The summed E-state index contributed by atoms with van der Waals surface area (Å²) in [6, 6.07) is 4.79. The predicted octanol–water partition coefficient (Wildman–Crippen LogP) is 3.21. The van der Waals surface area contributed by atoms with Gasteiger partial charge >= 0.3 is 0 Å². The molecular weight excluding hydrogens is 286 g/mol. The van der Waals surface area contributed by atoms with Crippen molar-refractivity contribution < 1.29 is 0 Å². The van der Waals surface area contributed by atoms with Crippen LogP contribution in [0.4, 0.5) is 0 Å². The Morgan fingerprint density at radius 1 is 1.30 bits per heavy atom. The van der Waals surface area contributed by atoms with Crippen LogP contribution in [0.1, 0.15) is 43.3 Å². The van der Waals surface area contributed by atoms with Crippen LogP contribution >= 0.6 is 0 Å². The number of hydrogen-bond donors (Lipinski definition) is 2. The molecule has 2 aliphatic carbocycles. The van der Waals surface area contributed by atoms with Crippen LogP contribution in [0.2, 0.25) is 0 Å². The van der Waals surface area contributed by atoms with Crippen LogP contribution < -0.4 is 5.73 Å². The highest BCUT2D eigenvalue weighted by atomic mass is 15.3. The number of pyridine rings is 1. The van der Waals surface area contributed by atoms with Crippen molar-refractivity contribution in [3.63, 3.8) is 0 Å². The summed E-state index contributed by atoms with van der Waals surface area (Å²) in [6.45, 7) is 0.797. The summed E-state index contributed by atoms with van der Waals surface area (Å²) < 4.78 is 2.18. The highest BCUT2D eigenvalue weighted by Gasteiger charge is 2.34. The Kier molecular flexibility index (Phi) is 2.85. The maximum absolute atomic E-state index is 5.76. The summed E-state index contributed by atoms with van der Waals surface area (Å²) in [5.41, 5.74) is 10.3. The van der Waals surface area contributed by atoms with Gasteiger partial charge < -0.3 is 10.7 Å². The number of H-pyrrole nitrogens is 1. The first-order valence-corrected chi connectivity index (χ1v) is 8.54. The number of aromatic nitrogens is 4. The molecule has 3 aromatic heterocycles. The lowest BCUT2D eigenvalue weighted by Crippen LogP contribution is -2.32. The number of fused-ring (bicyclic) bond motifs is 1. The van der Waals surface area contributed by atoms with Gasteiger partial charge in [-0.1, -0.05) is 0 Å². The zero-order valence-electron chi connectivity index (χ0n) is 13.1. The number of nitrogens with one attached hydrogen (secondary N) is 1. The molecule has 23 heavy (non-hydrogen) atoms. The molecule has 5 nitrogen and oxygen atoms in total. The van der Waals surface area contributed by atoms with Gasteiger partial charge in [0.05, 0.1) is 29.1 Å². The van der Waals surface area contributed by atoms with Crippen LogP contribution in [-0.2, 0) is 0 Å². The minimum atomic E-state index is 0.519. The lowest BCUT2D eigenvalue weighted by Gasteiger charge is -2.34. The Hall–Kier alpha value is -2.14. The first-order valence-electron chi connectivity index (χ1n) is 8.54. The molecule has 0 radical (unpaired) electrons. The molecule has 0 saturated heterocycles. The zero-order valence-corrected chi connectivity index (χ0v) is 13.1. The Labute approximate surface area is 134 Å². The summed E-state index contributed by atoms with van der Waals surface area (Å²) in [5, 5.41) is 6.14. The first kappa shape index (κ1) is 13.3. The summed E-state index contributed by atoms with van der Waals surface area (Å²) in [6.07, 6.45) is 10.9. The molecule has 3 aromatic rings. The van der Waals surface area contributed by atoms with Crippen LogP contribution in [0.15, 0.2) is 30.7 Å². The molecule has 0 atom stereocenters. The van der Waals surface area contributed by atoms with E-state index in [1.54, 1.807) is 0 Å². The van der Waals surface area contributed by atoms with E-state index >= 15 is 0 Å². The number of aromatic amines is 1. The van der Waals surface area contributed by atoms with Crippen LogP contribution in [-0.4, -0.2) is 26.3 Å². The molecule has 0 unspecified atom stereocenters. The molecular formula is C18H21N5. The van der Waals surface area contributed by atoms with Crippen LogP contribution in [0.25, 0.3) is 22.2 Å². The number of rotatable bonds is 4. The highest BCUT2D eigenvalue weighted by molar-refractivity contribution is 5.83. The van der Waals surface area contributed by atoms with Crippen molar-refractivity contribution in [3.8, 4) is 11.3 Å². The van der Waals surface area contributed by atoms with Gasteiger partial charge in [0, 0.05) is 29.3 Å². The largest absolute Gasteiger partial charge is 0.360 e. The van der Waals surface area contributed by atoms with E-state index in [4.69, 9.17) is 10.8 Å². The predicted molar refractivity (Wildman–Crippen MR) is 90.1 cm³/mol. The molecule has 118 valence electrons. The van der Waals surface area contributed by atoms with Gasteiger partial charge in [-0.25, -0.2) is 0 Å². The minimum absolute atomic E-state index is 0.519. The second-order valence-electron chi connectivity index (χ2n) is 7.04. The van der Waals surface area contributed by atoms with E-state index in [0.717, 1.165) is 30.6 Å². The van der Waals surface area contributed by atoms with E-state index in [-0.39, 0.29) is 0 Å². The molecule has 5 rings (SSSR count). The Morgan fingerprint density at radius 2 is 2.17 bits per heavy atom. The number of hydrogen-bond acceptors (Lipinski definition) is 3. The maximum Gasteiger partial charge on any atom is 0.0749 e. The topological polar surface area (TPSA) is 72.5 Å². The summed E-state index contributed by atoms with van der Waals surface area (Å²) in [7, 11) is 0. The van der Waals surface area contributed by atoms with Crippen LogP contribution in [0.5, 0.6) is 0 Å². The van der Waals surface area contributed by atoms with E-state index in [1.807, 2.05) is 12.4 Å². The molecule has 0 aromatic carbocycles. The fraction of sp³-hybridized carbons (Fsp3) is 0.444. The summed E-state index contributed by atoms with van der Waals surface area (Å²) >= 11 is 0. The normalized spacial score (nSPS) is 24.0. The number of nitrogens with two attached hydrogens (primary N) is 1. The molecule has 3 N–H and O–H groups in total. The van der Waals surface area contributed by atoms with Gasteiger partial charge in [-0.2, -0.15) is 5.10 Å². The average Bonchev–Trinajstić information content (AvgIpc) is 3.10. The van der Waals surface area contributed by atoms with Gasteiger partial charge in [0.25, 0.3) is 0 Å². The number of nitrogens with zero attached hydrogens (tertiary/aromatic N) is 3. The second kappa shape index (κ2) is 4.93. The molecule has 0 bridgehead atoms. The molecule has 2 saturated carbocycles. The van der Waals surface area contributed by atoms with Crippen molar-refractivity contribution in [1.29, 1.82) is 0 Å². The fourth-order valence-corrected chi connectivity index (χ4v) is 3.66. The third-order valence-electron chi connectivity index (χ3n) is 5.36. The Bertz CT molecular complexity index is 851. The standard InChI is InChI=1S/C18H21N5/c19-8-11-5-14(6-11)23-10-15(18(22-23)12-1-2-12)16-7-13-3-4-20-17(13)9-21-16/h3-4,7,9-12,14,20H,1-2,5-6,8,19H2. The Balaban J connectivity index is 1.54. The fourth-order valence-electron chi connectivity index (χ4n) is 3.66. The van der Waals surface area contributed by atoms with Crippen LogP contribution in [0.3, 0.4) is 0 Å². The molecule has 5 heteroatoms. The summed E-state index contributed by atoms with van der Waals surface area (Å²) in [5.74, 6) is 1.30. The van der Waals surface area contributed by atoms with E-state index in [9.17, 15) is 0 Å². The van der Waals surface area contributed by atoms with Gasteiger partial charge in [0.2, 0.25) is 0 Å². The van der Waals surface area contributed by atoms with Crippen molar-refractivity contribution >= 4 is 10.9 Å². The van der Waals surface area contributed by atoms with Gasteiger partial charge in [0.1, 0.15) is 0 Å². The van der Waals surface area contributed by atoms with Crippen molar-refractivity contribution in [2.75, 3.05) is 6.54 Å². The van der Waals surface area contributed by atoms with E-state index in [2.05, 4.69) is 33.0 Å². The van der Waals surface area contributed by atoms with Crippen molar-refractivity contribution in [1.82, 2.24) is 19.7 Å². The maximum atomic E-state index is 5.76. The molecule has 3 heterocycles. The van der Waals surface area contributed by atoms with Crippen molar-refractivity contribution in [3.05, 3.63) is 36.4 Å². The zero-order chi connectivity index (χ0) is 15.4. The molecule has 2 fully saturated rings.